The number of nitrogens with zero attached hydrogens (tertiary/aromatic N) is 1. The molecule has 80 valence electrons. The molecule has 0 bridgehead atoms. The smallest absolute Gasteiger partial charge is 0.0733 e. The number of methoxy groups -OCH3 is 1. The minimum Gasteiger partial charge on any atom is -0.399 e. The maximum Gasteiger partial charge on any atom is 0.0733 e. The number of rotatable bonds is 3. The molecule has 0 amide bonds. The number of nitrogen functional groups attached to an aromatic ring is 1. The Morgan fingerprint density at radius 3 is 2.87 bits per heavy atom. The van der Waals surface area contributed by atoms with Crippen LogP contribution in [0.4, 0.5) is 5.69 Å². The van der Waals surface area contributed by atoms with Gasteiger partial charge in [0.15, 0.2) is 0 Å². The van der Waals surface area contributed by atoms with E-state index in [0.717, 1.165) is 12.2 Å². The number of anilines is 1. The zero-order valence-electron chi connectivity index (χ0n) is 9.16. The van der Waals surface area contributed by atoms with Crippen LogP contribution >= 0.6 is 0 Å². The first-order valence-electron chi connectivity index (χ1n) is 5.12. The average molecular weight is 204 g/mol. The molecule has 0 aliphatic heterocycles. The van der Waals surface area contributed by atoms with E-state index >= 15 is 0 Å². The molecule has 2 rings (SSSR count). The highest BCUT2D eigenvalue weighted by Crippen LogP contribution is 2.24. The van der Waals surface area contributed by atoms with Crippen molar-refractivity contribution in [2.24, 2.45) is 0 Å². The Morgan fingerprint density at radius 1 is 1.40 bits per heavy atom. The van der Waals surface area contributed by atoms with Crippen molar-refractivity contribution in [3.05, 3.63) is 30.0 Å². The van der Waals surface area contributed by atoms with Gasteiger partial charge in [0, 0.05) is 42.0 Å². The van der Waals surface area contributed by atoms with Gasteiger partial charge in [0.25, 0.3) is 0 Å². The van der Waals surface area contributed by atoms with Gasteiger partial charge in [0.05, 0.1) is 6.61 Å². The zero-order valence-corrected chi connectivity index (χ0v) is 9.16. The van der Waals surface area contributed by atoms with E-state index in [1.807, 2.05) is 12.1 Å². The third-order valence-electron chi connectivity index (χ3n) is 2.63. The van der Waals surface area contributed by atoms with Gasteiger partial charge in [0.2, 0.25) is 0 Å². The first kappa shape index (κ1) is 10.1. The predicted octanol–water partition coefficient (Wildman–Crippen LogP) is 2.39. The lowest BCUT2D eigenvalue weighted by molar-refractivity contribution is 0.186. The van der Waals surface area contributed by atoms with Crippen molar-refractivity contribution in [3.8, 4) is 0 Å². The van der Waals surface area contributed by atoms with Crippen LogP contribution in [0.15, 0.2) is 24.4 Å². The van der Waals surface area contributed by atoms with E-state index in [-0.39, 0.29) is 0 Å². The molecular formula is C12H16N2O. The molecule has 1 aromatic heterocycles. The molecule has 0 fully saturated rings. The second kappa shape index (κ2) is 3.95. The fourth-order valence-corrected chi connectivity index (χ4v) is 1.92. The molecule has 0 spiro atoms. The zero-order chi connectivity index (χ0) is 10.8. The summed E-state index contributed by atoms with van der Waals surface area (Å²) in [5.41, 5.74) is 9.01. The highest BCUT2D eigenvalue weighted by atomic mass is 16.5. The number of hydrogen-bond donors (Lipinski definition) is 1. The average Bonchev–Trinajstić information content (AvgIpc) is 2.57. The van der Waals surface area contributed by atoms with E-state index in [1.165, 1.54) is 16.5 Å². The van der Waals surface area contributed by atoms with Gasteiger partial charge in [0.1, 0.15) is 0 Å². The molecule has 15 heavy (non-hydrogen) atoms. The van der Waals surface area contributed by atoms with Crippen LogP contribution in [-0.4, -0.2) is 11.7 Å². The van der Waals surface area contributed by atoms with E-state index < -0.39 is 0 Å². The largest absolute Gasteiger partial charge is 0.399 e. The van der Waals surface area contributed by atoms with Gasteiger partial charge >= 0.3 is 0 Å². The number of hydrogen-bond acceptors (Lipinski definition) is 2. The first-order valence-corrected chi connectivity index (χ1v) is 5.12. The summed E-state index contributed by atoms with van der Waals surface area (Å²) in [5, 5.41) is 1.19. The lowest BCUT2D eigenvalue weighted by Crippen LogP contribution is -1.91. The number of nitrogens with two attached hydrogens (primary N) is 1. The molecule has 3 nitrogen and oxygen atoms in total. The number of fused-ring (bicyclic) bond motifs is 1. The molecule has 0 unspecified atom stereocenters. The maximum absolute atomic E-state index is 5.79. The maximum atomic E-state index is 5.79. The van der Waals surface area contributed by atoms with Crippen LogP contribution in [-0.2, 0) is 17.9 Å². The monoisotopic (exact) mass is 204 g/mol. The quantitative estimate of drug-likeness (QED) is 0.780. The Hall–Kier alpha value is -1.48. The van der Waals surface area contributed by atoms with Crippen LogP contribution < -0.4 is 5.73 Å². The second-order valence-electron chi connectivity index (χ2n) is 3.65. The summed E-state index contributed by atoms with van der Waals surface area (Å²) >= 11 is 0. The summed E-state index contributed by atoms with van der Waals surface area (Å²) < 4.78 is 7.39. The van der Waals surface area contributed by atoms with Crippen molar-refractivity contribution in [1.82, 2.24) is 4.57 Å². The third kappa shape index (κ3) is 1.70. The second-order valence-corrected chi connectivity index (χ2v) is 3.65. The van der Waals surface area contributed by atoms with Crippen LogP contribution in [0.2, 0.25) is 0 Å². The van der Waals surface area contributed by atoms with Gasteiger partial charge in [-0.3, -0.25) is 0 Å². The fourth-order valence-electron chi connectivity index (χ4n) is 1.92. The standard InChI is InChI=1S/C12H16N2O/c1-3-14-7-9(8-15-2)11-6-10(13)4-5-12(11)14/h4-7H,3,8,13H2,1-2H3. The van der Waals surface area contributed by atoms with E-state index in [9.17, 15) is 0 Å². The number of benzene rings is 1. The van der Waals surface area contributed by atoms with Crippen molar-refractivity contribution in [2.45, 2.75) is 20.1 Å². The highest BCUT2D eigenvalue weighted by Gasteiger charge is 2.07. The fraction of sp³-hybridized carbons (Fsp3) is 0.333. The molecule has 2 aromatic rings. The third-order valence-corrected chi connectivity index (χ3v) is 2.63. The van der Waals surface area contributed by atoms with Gasteiger partial charge in [-0.25, -0.2) is 0 Å². The van der Waals surface area contributed by atoms with Crippen molar-refractivity contribution in [3.63, 3.8) is 0 Å². The normalized spacial score (nSPS) is 11.1. The Balaban J connectivity index is 2.64. The van der Waals surface area contributed by atoms with Crippen molar-refractivity contribution < 1.29 is 4.74 Å². The van der Waals surface area contributed by atoms with Crippen LogP contribution in [0.5, 0.6) is 0 Å². The van der Waals surface area contributed by atoms with Gasteiger partial charge in [-0.2, -0.15) is 0 Å². The van der Waals surface area contributed by atoms with Gasteiger partial charge in [-0.05, 0) is 25.1 Å². The molecule has 1 aromatic carbocycles. The lowest BCUT2D eigenvalue weighted by Gasteiger charge is -2.00. The topological polar surface area (TPSA) is 40.2 Å². The summed E-state index contributed by atoms with van der Waals surface area (Å²) in [6, 6.07) is 6.01. The first-order chi connectivity index (χ1) is 7.26. The van der Waals surface area contributed by atoms with E-state index in [0.29, 0.717) is 6.61 Å². The molecule has 1 heterocycles. The van der Waals surface area contributed by atoms with Crippen molar-refractivity contribution >= 4 is 16.6 Å². The van der Waals surface area contributed by atoms with Gasteiger partial charge in [-0.1, -0.05) is 0 Å². The molecule has 0 radical (unpaired) electrons. The molecule has 0 atom stereocenters. The molecule has 0 aliphatic rings. The molecule has 0 aliphatic carbocycles. The lowest BCUT2D eigenvalue weighted by atomic mass is 10.1. The summed E-state index contributed by atoms with van der Waals surface area (Å²) in [5.74, 6) is 0. The predicted molar refractivity (Wildman–Crippen MR) is 62.7 cm³/mol. The highest BCUT2D eigenvalue weighted by molar-refractivity contribution is 5.86. The molecule has 3 heteroatoms. The van der Waals surface area contributed by atoms with E-state index in [1.54, 1.807) is 7.11 Å². The van der Waals surface area contributed by atoms with Crippen LogP contribution in [0.25, 0.3) is 10.9 Å². The summed E-state index contributed by atoms with van der Waals surface area (Å²) in [7, 11) is 1.71. The summed E-state index contributed by atoms with van der Waals surface area (Å²) in [4.78, 5) is 0. The van der Waals surface area contributed by atoms with Gasteiger partial charge in [-0.15, -0.1) is 0 Å². The van der Waals surface area contributed by atoms with Crippen LogP contribution in [0, 0.1) is 0 Å². The molecular weight excluding hydrogens is 188 g/mol. The molecule has 2 N–H and O–H groups in total. The van der Waals surface area contributed by atoms with Crippen molar-refractivity contribution in [2.75, 3.05) is 12.8 Å². The Morgan fingerprint density at radius 2 is 2.20 bits per heavy atom. The Bertz CT molecular complexity index is 474. The molecule has 0 saturated heterocycles. The van der Waals surface area contributed by atoms with Crippen molar-refractivity contribution in [1.29, 1.82) is 0 Å². The number of aromatic nitrogens is 1. The van der Waals surface area contributed by atoms with Crippen LogP contribution in [0.1, 0.15) is 12.5 Å². The number of ether oxygens (including phenoxy) is 1. The van der Waals surface area contributed by atoms with E-state index in [2.05, 4.69) is 23.8 Å². The Labute approximate surface area is 89.4 Å². The molecule has 0 saturated carbocycles. The Kier molecular flexibility index (Phi) is 2.64. The minimum atomic E-state index is 0.632. The SMILES string of the molecule is CCn1cc(COC)c2cc(N)ccc21. The minimum absolute atomic E-state index is 0.632. The summed E-state index contributed by atoms with van der Waals surface area (Å²) in [6.45, 7) is 3.73. The summed E-state index contributed by atoms with van der Waals surface area (Å²) in [6.07, 6.45) is 2.13. The van der Waals surface area contributed by atoms with Crippen LogP contribution in [0.3, 0.4) is 0 Å². The van der Waals surface area contributed by atoms with Gasteiger partial charge < -0.3 is 15.0 Å². The number of aryl methyl sites for hydroxylation is 1. The van der Waals surface area contributed by atoms with E-state index in [4.69, 9.17) is 10.5 Å².